The monoisotopic (exact) mass is 962 g/mol. The first-order valence-corrected chi connectivity index (χ1v) is 26.5. The highest BCUT2D eigenvalue weighted by Crippen LogP contribution is 2.28. The van der Waals surface area contributed by atoms with Crippen molar-refractivity contribution in [1.29, 1.82) is 0 Å². The third-order valence-corrected chi connectivity index (χ3v) is 12.9. The molecule has 6 aromatic rings. The van der Waals surface area contributed by atoms with Gasteiger partial charge in [0.05, 0.1) is 24.3 Å². The molecule has 0 N–H and O–H groups in total. The first-order valence-electron chi connectivity index (χ1n) is 24.5. The van der Waals surface area contributed by atoms with E-state index < -0.39 is 11.9 Å². The van der Waals surface area contributed by atoms with Crippen molar-refractivity contribution in [2.45, 2.75) is 140 Å². The second-order valence-corrected chi connectivity index (χ2v) is 18.8. The number of aromatic nitrogens is 4. The van der Waals surface area contributed by atoms with E-state index in [2.05, 4.69) is 34.2 Å². The van der Waals surface area contributed by atoms with E-state index in [1.165, 1.54) is 64.2 Å². The average molecular weight is 963 g/mol. The number of unbranched alkanes of at least 4 members (excludes halogenated alkanes) is 15. The summed E-state index contributed by atoms with van der Waals surface area (Å²) in [7, 11) is 0. The molecule has 0 saturated heterocycles. The summed E-state index contributed by atoms with van der Waals surface area (Å²) < 4.78 is 34.6. The second kappa shape index (κ2) is 30.0. The summed E-state index contributed by atoms with van der Waals surface area (Å²) in [5.41, 5.74) is 2.42. The molecule has 0 bridgehead atoms. The van der Waals surface area contributed by atoms with Gasteiger partial charge in [0, 0.05) is 22.6 Å². The minimum absolute atomic E-state index is 0.424. The molecular weight excluding hydrogens is 897 g/mol. The van der Waals surface area contributed by atoms with Gasteiger partial charge in [-0.15, -0.1) is 20.4 Å². The van der Waals surface area contributed by atoms with E-state index in [0.29, 0.717) is 58.1 Å². The Morgan fingerprint density at radius 1 is 0.412 bits per heavy atom. The first-order chi connectivity index (χ1) is 33.5. The first kappa shape index (κ1) is 51.8. The summed E-state index contributed by atoms with van der Waals surface area (Å²) in [6.07, 6.45) is 21.2. The van der Waals surface area contributed by atoms with Crippen molar-refractivity contribution in [3.63, 3.8) is 0 Å². The van der Waals surface area contributed by atoms with Crippen LogP contribution in [0.5, 0.6) is 23.0 Å². The van der Waals surface area contributed by atoms with Crippen LogP contribution in [0.4, 0.5) is 0 Å². The van der Waals surface area contributed by atoms with E-state index in [-0.39, 0.29) is 0 Å². The Bertz CT molecular complexity index is 2170. The maximum Gasteiger partial charge on any atom is 0.343 e. The zero-order chi connectivity index (χ0) is 47.4. The van der Waals surface area contributed by atoms with Crippen molar-refractivity contribution >= 4 is 35.5 Å². The average Bonchev–Trinajstić information content (AvgIpc) is 4.05. The van der Waals surface area contributed by atoms with Crippen molar-refractivity contribution in [2.24, 2.45) is 0 Å². The lowest BCUT2D eigenvalue weighted by molar-refractivity contribution is 0.0725. The Morgan fingerprint density at radius 3 is 1.13 bits per heavy atom. The van der Waals surface area contributed by atoms with E-state index in [9.17, 15) is 9.59 Å². The minimum Gasteiger partial charge on any atom is -0.494 e. The molecule has 6 rings (SSSR count). The van der Waals surface area contributed by atoms with Crippen LogP contribution in [0.25, 0.3) is 22.9 Å². The second-order valence-electron chi connectivity index (χ2n) is 16.7. The van der Waals surface area contributed by atoms with Crippen LogP contribution in [0.3, 0.4) is 0 Å². The Balaban J connectivity index is 0.781. The number of carbonyl (C=O) groups is 2. The number of carbonyl (C=O) groups excluding carboxylic acids is 2. The highest BCUT2D eigenvalue weighted by atomic mass is 32.2. The van der Waals surface area contributed by atoms with Gasteiger partial charge in [0.2, 0.25) is 11.8 Å². The number of nitrogens with zero attached hydrogens (tertiary/aromatic N) is 4. The Kier molecular flexibility index (Phi) is 22.9. The molecule has 0 radical (unpaired) electrons. The fourth-order valence-electron chi connectivity index (χ4n) is 7.18. The smallest absolute Gasteiger partial charge is 0.343 e. The van der Waals surface area contributed by atoms with Crippen LogP contribution in [-0.4, -0.2) is 57.1 Å². The largest absolute Gasteiger partial charge is 0.494 e. The van der Waals surface area contributed by atoms with Crippen LogP contribution < -0.4 is 18.9 Å². The molecular formula is C54H66N4O8S2. The molecule has 0 atom stereocenters. The van der Waals surface area contributed by atoms with Gasteiger partial charge in [0.15, 0.2) is 0 Å². The molecule has 0 saturated carbocycles. The van der Waals surface area contributed by atoms with E-state index >= 15 is 0 Å². The quantitative estimate of drug-likeness (QED) is 0.0167. The lowest BCUT2D eigenvalue weighted by Crippen LogP contribution is -2.08. The molecule has 0 aliphatic heterocycles. The van der Waals surface area contributed by atoms with Crippen molar-refractivity contribution in [2.75, 3.05) is 24.7 Å². The summed E-state index contributed by atoms with van der Waals surface area (Å²) in [5.74, 6) is 4.14. The fraction of sp³-hybridized carbons (Fsp3) is 0.444. The van der Waals surface area contributed by atoms with Gasteiger partial charge in [-0.2, -0.15) is 0 Å². The van der Waals surface area contributed by atoms with Crippen LogP contribution in [0, 0.1) is 0 Å². The zero-order valence-corrected chi connectivity index (χ0v) is 41.3. The maximum absolute atomic E-state index is 12.7. The molecule has 2 heterocycles. The normalized spacial score (nSPS) is 11.1. The van der Waals surface area contributed by atoms with Crippen LogP contribution in [-0.2, 0) is 0 Å². The maximum atomic E-state index is 12.7. The van der Waals surface area contributed by atoms with Gasteiger partial charge in [0.1, 0.15) is 23.0 Å². The number of thioether (sulfide) groups is 2. The lowest BCUT2D eigenvalue weighted by atomic mass is 10.1. The molecule has 4 aromatic carbocycles. The third-order valence-electron chi connectivity index (χ3n) is 11.1. The van der Waals surface area contributed by atoms with Crippen molar-refractivity contribution in [3.8, 4) is 45.9 Å². The Hall–Kier alpha value is -5.60. The van der Waals surface area contributed by atoms with Crippen LogP contribution >= 0.6 is 23.5 Å². The summed E-state index contributed by atoms with van der Waals surface area (Å²) in [4.78, 5) is 25.5. The van der Waals surface area contributed by atoms with Gasteiger partial charge < -0.3 is 27.8 Å². The summed E-state index contributed by atoms with van der Waals surface area (Å²) in [6.45, 7) is 5.80. The van der Waals surface area contributed by atoms with E-state index in [0.717, 1.165) is 85.5 Å². The topological polar surface area (TPSA) is 149 Å². The van der Waals surface area contributed by atoms with Crippen LogP contribution in [0.1, 0.15) is 150 Å². The van der Waals surface area contributed by atoms with E-state index in [1.807, 2.05) is 0 Å². The predicted octanol–water partition coefficient (Wildman–Crippen LogP) is 14.9. The molecule has 2 aromatic heterocycles. The Labute approximate surface area is 410 Å². The fourth-order valence-corrected chi connectivity index (χ4v) is 8.70. The molecule has 0 unspecified atom stereocenters. The summed E-state index contributed by atoms with van der Waals surface area (Å²) >= 11 is 3.12. The minimum atomic E-state index is -0.433. The molecule has 68 heavy (non-hydrogen) atoms. The number of ether oxygens (including phenoxy) is 4. The number of hydrogen-bond acceptors (Lipinski definition) is 14. The predicted molar refractivity (Wildman–Crippen MR) is 269 cm³/mol. The lowest BCUT2D eigenvalue weighted by Gasteiger charge is -2.08. The number of rotatable bonds is 33. The van der Waals surface area contributed by atoms with Gasteiger partial charge in [0.25, 0.3) is 10.4 Å². The van der Waals surface area contributed by atoms with Crippen molar-refractivity contribution < 1.29 is 37.4 Å². The highest BCUT2D eigenvalue weighted by molar-refractivity contribution is 7.99. The molecule has 0 amide bonds. The number of esters is 2. The highest BCUT2D eigenvalue weighted by Gasteiger charge is 2.14. The molecule has 0 aliphatic carbocycles. The molecule has 0 fully saturated rings. The number of hydrogen-bond donors (Lipinski definition) is 0. The van der Waals surface area contributed by atoms with Gasteiger partial charge in [-0.3, -0.25) is 0 Å². The van der Waals surface area contributed by atoms with E-state index in [4.69, 9.17) is 27.8 Å². The standard InChI is InChI=1S/C54H66N4O8S2/c1-3-5-7-9-13-17-37-61-45-29-25-43(26-30-45)51(59)63-47-33-21-41(22-34-47)49-55-57-53(65-49)67-39-19-15-11-12-16-20-40-68-54-58-56-50(66-54)42-23-35-48(36-24-42)64-52(60)44-27-31-46(32-28-44)62-38-18-14-10-8-6-4-2/h21-36H,3-20,37-40H2,1-2H3. The third kappa shape index (κ3) is 18.5. The van der Waals surface area contributed by atoms with Gasteiger partial charge in [-0.1, -0.05) is 127 Å². The zero-order valence-electron chi connectivity index (χ0n) is 39.7. The van der Waals surface area contributed by atoms with Crippen LogP contribution in [0.15, 0.2) is 116 Å². The van der Waals surface area contributed by atoms with Gasteiger partial charge >= 0.3 is 11.9 Å². The van der Waals surface area contributed by atoms with E-state index in [1.54, 1.807) is 121 Å². The number of benzene rings is 4. The van der Waals surface area contributed by atoms with Gasteiger partial charge in [-0.25, -0.2) is 9.59 Å². The summed E-state index contributed by atoms with van der Waals surface area (Å²) in [6, 6.07) is 28.2. The van der Waals surface area contributed by atoms with Gasteiger partial charge in [-0.05, 0) is 123 Å². The molecule has 0 aliphatic rings. The molecule has 0 spiro atoms. The van der Waals surface area contributed by atoms with Crippen molar-refractivity contribution in [3.05, 3.63) is 108 Å². The molecule has 12 nitrogen and oxygen atoms in total. The molecule has 362 valence electrons. The Morgan fingerprint density at radius 2 is 0.750 bits per heavy atom. The van der Waals surface area contributed by atoms with Crippen LogP contribution in [0.2, 0.25) is 0 Å². The SMILES string of the molecule is CCCCCCCCOc1ccc(C(=O)Oc2ccc(-c3nnc(SCCCCCCCCSc4nnc(-c5ccc(OC(=O)c6ccc(OCCCCCCCC)cc6)cc5)o4)o3)cc2)cc1. The molecule has 14 heteroatoms. The van der Waals surface area contributed by atoms with Crippen molar-refractivity contribution in [1.82, 2.24) is 20.4 Å². The summed E-state index contributed by atoms with van der Waals surface area (Å²) in [5, 5.41) is 17.9.